The number of anilines is 1. The lowest BCUT2D eigenvalue weighted by molar-refractivity contribution is 0.146. The van der Waals surface area contributed by atoms with Crippen molar-refractivity contribution in [2.75, 3.05) is 12.0 Å². The Morgan fingerprint density at radius 2 is 1.96 bits per heavy atom. The van der Waals surface area contributed by atoms with Gasteiger partial charge in [0.2, 0.25) is 0 Å². The number of nitrogens with zero attached hydrogens (tertiary/aromatic N) is 3. The van der Waals surface area contributed by atoms with Crippen LogP contribution in [0.15, 0.2) is 47.6 Å². The van der Waals surface area contributed by atoms with E-state index in [9.17, 15) is 13.2 Å². The van der Waals surface area contributed by atoms with Gasteiger partial charge in [0, 0.05) is 6.20 Å². The molecule has 0 radical (unpaired) electrons. The van der Waals surface area contributed by atoms with Gasteiger partial charge in [-0.25, -0.2) is 32.6 Å². The number of benzene rings is 1. The summed E-state index contributed by atoms with van der Waals surface area (Å²) in [5, 5.41) is 0. The van der Waals surface area contributed by atoms with E-state index >= 15 is 0 Å². The van der Waals surface area contributed by atoms with Gasteiger partial charge in [-0.2, -0.15) is 0 Å². The molecule has 1 amide bonds. The number of hydrogen-bond donors (Lipinski definition) is 2. The van der Waals surface area contributed by atoms with Crippen molar-refractivity contribution in [3.63, 3.8) is 0 Å². The lowest BCUT2D eigenvalue weighted by Gasteiger charge is -2.09. The van der Waals surface area contributed by atoms with E-state index in [1.165, 1.54) is 12.4 Å². The first-order valence-electron chi connectivity index (χ1n) is 8.77. The molecule has 0 unspecified atom stereocenters. The van der Waals surface area contributed by atoms with Crippen LogP contribution < -0.4 is 10.9 Å². The molecule has 9 nitrogen and oxygen atoms in total. The summed E-state index contributed by atoms with van der Waals surface area (Å²) in [5.41, 5.74) is 6.46. The number of carbonyl (C=O) groups is 1. The number of hydrazine groups is 1. The molecule has 0 bridgehead atoms. The zero-order valence-electron chi connectivity index (χ0n) is 15.5. The van der Waals surface area contributed by atoms with E-state index < -0.39 is 16.1 Å². The largest absolute Gasteiger partial charge is 0.448 e. The Bertz CT molecular complexity index is 1080. The summed E-state index contributed by atoms with van der Waals surface area (Å²) >= 11 is 0. The van der Waals surface area contributed by atoms with Crippen LogP contribution in [-0.2, 0) is 14.8 Å². The Kier molecular flexibility index (Phi) is 5.78. The maximum absolute atomic E-state index is 12.9. The molecule has 0 atom stereocenters. The van der Waals surface area contributed by atoms with Crippen LogP contribution in [0.1, 0.15) is 25.3 Å². The minimum Gasteiger partial charge on any atom is -0.448 e. The first-order valence-corrected chi connectivity index (χ1v) is 10.2. The molecule has 3 rings (SSSR count). The second-order valence-corrected chi connectivity index (χ2v) is 7.95. The van der Waals surface area contributed by atoms with E-state index in [2.05, 4.69) is 20.8 Å². The zero-order valence-corrected chi connectivity index (χ0v) is 16.4. The van der Waals surface area contributed by atoms with E-state index in [1.54, 1.807) is 30.3 Å². The van der Waals surface area contributed by atoms with Crippen molar-refractivity contribution < 1.29 is 17.9 Å². The van der Waals surface area contributed by atoms with Crippen molar-refractivity contribution in [3.8, 4) is 0 Å². The second-order valence-electron chi connectivity index (χ2n) is 6.13. The molecule has 10 heteroatoms. The monoisotopic (exact) mass is 403 g/mol. The molecule has 0 aliphatic rings. The lowest BCUT2D eigenvalue weighted by Crippen LogP contribution is -2.30. The van der Waals surface area contributed by atoms with Gasteiger partial charge in [-0.05, 0) is 31.5 Å². The third-order valence-electron chi connectivity index (χ3n) is 3.96. The number of aryl methyl sites for hydroxylation is 1. The van der Waals surface area contributed by atoms with Gasteiger partial charge in [0.25, 0.3) is 10.0 Å². The van der Waals surface area contributed by atoms with Gasteiger partial charge in [0.1, 0.15) is 5.52 Å². The first kappa shape index (κ1) is 19.6. The van der Waals surface area contributed by atoms with Crippen LogP contribution >= 0.6 is 0 Å². The van der Waals surface area contributed by atoms with E-state index in [1.807, 2.05) is 13.8 Å². The predicted molar refractivity (Wildman–Crippen MR) is 104 cm³/mol. The molecule has 0 spiro atoms. The fourth-order valence-electron chi connectivity index (χ4n) is 2.43. The number of unbranched alkanes of at least 4 members (excludes halogenated alkanes) is 1. The molecule has 28 heavy (non-hydrogen) atoms. The van der Waals surface area contributed by atoms with Crippen LogP contribution in [0.3, 0.4) is 0 Å². The molecule has 0 fully saturated rings. The molecular weight excluding hydrogens is 382 g/mol. The van der Waals surface area contributed by atoms with Crippen LogP contribution in [0.2, 0.25) is 0 Å². The Morgan fingerprint density at radius 1 is 1.21 bits per heavy atom. The van der Waals surface area contributed by atoms with Crippen molar-refractivity contribution in [1.82, 2.24) is 19.4 Å². The number of nitrogens with one attached hydrogen (secondary N) is 2. The van der Waals surface area contributed by atoms with Crippen molar-refractivity contribution >= 4 is 33.1 Å². The molecule has 2 heterocycles. The second kappa shape index (κ2) is 8.26. The highest BCUT2D eigenvalue weighted by atomic mass is 32.2. The Balaban J connectivity index is 1.77. The fourth-order valence-corrected chi connectivity index (χ4v) is 3.72. The average Bonchev–Trinajstić information content (AvgIpc) is 3.11. The van der Waals surface area contributed by atoms with E-state index in [0.717, 1.165) is 22.4 Å². The molecule has 148 valence electrons. The Hall–Kier alpha value is -3.14. The normalized spacial score (nSPS) is 11.4. The summed E-state index contributed by atoms with van der Waals surface area (Å²) in [6, 6.07) is 8.11. The molecular formula is C18H21N5O4S. The van der Waals surface area contributed by atoms with Crippen molar-refractivity contribution in [2.45, 2.75) is 31.6 Å². The van der Waals surface area contributed by atoms with Gasteiger partial charge in [0.15, 0.2) is 11.5 Å². The number of rotatable bonds is 7. The highest BCUT2D eigenvalue weighted by Gasteiger charge is 2.20. The Labute approximate surface area is 162 Å². The van der Waals surface area contributed by atoms with Gasteiger partial charge in [0.05, 0.1) is 17.7 Å². The summed E-state index contributed by atoms with van der Waals surface area (Å²) in [6.45, 7) is 4.21. The van der Waals surface area contributed by atoms with E-state index in [4.69, 9.17) is 4.74 Å². The SMILES string of the molecule is CCCCOC(=O)NNc1cnc2c(ccn2S(=O)(=O)c2ccc(C)cc2)n1. The minimum absolute atomic E-state index is 0.163. The summed E-state index contributed by atoms with van der Waals surface area (Å²) in [6.07, 6.45) is 3.80. The van der Waals surface area contributed by atoms with Crippen molar-refractivity contribution in [1.29, 1.82) is 0 Å². The topological polar surface area (TPSA) is 115 Å². The molecule has 3 aromatic rings. The third-order valence-corrected chi connectivity index (χ3v) is 5.64. The van der Waals surface area contributed by atoms with Crippen molar-refractivity contribution in [2.24, 2.45) is 0 Å². The quantitative estimate of drug-likeness (QED) is 0.460. The minimum atomic E-state index is -3.79. The molecule has 0 saturated heterocycles. The van der Waals surface area contributed by atoms with Crippen LogP contribution in [0, 0.1) is 6.92 Å². The number of fused-ring (bicyclic) bond motifs is 1. The van der Waals surface area contributed by atoms with E-state index in [-0.39, 0.29) is 16.4 Å². The maximum atomic E-state index is 12.9. The van der Waals surface area contributed by atoms with Crippen molar-refractivity contribution in [3.05, 3.63) is 48.3 Å². The highest BCUT2D eigenvalue weighted by Crippen LogP contribution is 2.21. The van der Waals surface area contributed by atoms with Crippen LogP contribution in [0.5, 0.6) is 0 Å². The smallest absolute Gasteiger partial charge is 0.425 e. The third kappa shape index (κ3) is 4.22. The summed E-state index contributed by atoms with van der Waals surface area (Å²) in [4.78, 5) is 20.1. The standard InChI is InChI=1S/C18H21N5O4S/c1-3-4-11-27-18(24)22-21-16-12-19-17-15(20-16)9-10-23(17)28(25,26)14-7-5-13(2)6-8-14/h5-10,12H,3-4,11H2,1-2H3,(H,20,21)(H,22,24). The summed E-state index contributed by atoms with van der Waals surface area (Å²) in [7, 11) is -3.79. The van der Waals surface area contributed by atoms with E-state index in [0.29, 0.717) is 12.1 Å². The number of ether oxygens (including phenoxy) is 1. The Morgan fingerprint density at radius 3 is 2.68 bits per heavy atom. The van der Waals surface area contributed by atoms with Gasteiger partial charge in [-0.15, -0.1) is 0 Å². The number of carbonyl (C=O) groups excluding carboxylic acids is 1. The number of aromatic nitrogens is 3. The number of hydrogen-bond acceptors (Lipinski definition) is 7. The summed E-state index contributed by atoms with van der Waals surface area (Å²) < 4.78 is 31.7. The van der Waals surface area contributed by atoms with Crippen LogP contribution in [0.25, 0.3) is 11.2 Å². The van der Waals surface area contributed by atoms with Gasteiger partial charge in [-0.3, -0.25) is 5.43 Å². The van der Waals surface area contributed by atoms with Crippen LogP contribution in [0.4, 0.5) is 10.6 Å². The average molecular weight is 403 g/mol. The molecule has 1 aromatic carbocycles. The molecule has 0 aliphatic carbocycles. The zero-order chi connectivity index (χ0) is 20.1. The molecule has 0 saturated carbocycles. The molecule has 0 aliphatic heterocycles. The predicted octanol–water partition coefficient (Wildman–Crippen LogP) is 2.83. The fraction of sp³-hybridized carbons (Fsp3) is 0.278. The first-order chi connectivity index (χ1) is 13.4. The summed E-state index contributed by atoms with van der Waals surface area (Å²) in [5.74, 6) is 0.255. The molecule has 2 aromatic heterocycles. The highest BCUT2D eigenvalue weighted by molar-refractivity contribution is 7.90. The van der Waals surface area contributed by atoms with Gasteiger partial charge < -0.3 is 4.74 Å². The van der Waals surface area contributed by atoms with Gasteiger partial charge >= 0.3 is 6.09 Å². The number of amides is 1. The lowest BCUT2D eigenvalue weighted by atomic mass is 10.2. The maximum Gasteiger partial charge on any atom is 0.425 e. The van der Waals surface area contributed by atoms with Gasteiger partial charge in [-0.1, -0.05) is 31.0 Å². The van der Waals surface area contributed by atoms with Crippen LogP contribution in [-0.4, -0.2) is 35.1 Å². The molecule has 2 N–H and O–H groups in total.